The number of H-pyrrole nitrogens is 1. The first-order valence-electron chi connectivity index (χ1n) is 5.42. The van der Waals surface area contributed by atoms with Gasteiger partial charge in [-0.05, 0) is 64.5 Å². The van der Waals surface area contributed by atoms with E-state index in [1.165, 1.54) is 0 Å². The molecular formula is C13H7BrCl2N2S. The maximum Gasteiger partial charge on any atom is 0.182 e. The summed E-state index contributed by atoms with van der Waals surface area (Å²) in [4.78, 5) is 3.15. The molecule has 0 aliphatic rings. The van der Waals surface area contributed by atoms with Crippen molar-refractivity contribution < 1.29 is 0 Å². The summed E-state index contributed by atoms with van der Waals surface area (Å²) in [7, 11) is 0. The van der Waals surface area contributed by atoms with Crippen LogP contribution in [0.25, 0.3) is 16.7 Å². The zero-order chi connectivity index (χ0) is 13.6. The minimum absolute atomic E-state index is 0.611. The number of nitrogens with zero attached hydrogens (tertiary/aromatic N) is 1. The van der Waals surface area contributed by atoms with Gasteiger partial charge in [-0.25, -0.2) is 0 Å². The normalized spacial score (nSPS) is 11.1. The van der Waals surface area contributed by atoms with Crippen LogP contribution in [0, 0.1) is 4.77 Å². The van der Waals surface area contributed by atoms with Gasteiger partial charge in [0.15, 0.2) is 4.77 Å². The third-order valence-electron chi connectivity index (χ3n) is 2.79. The Morgan fingerprint density at radius 2 is 1.74 bits per heavy atom. The molecule has 1 heterocycles. The van der Waals surface area contributed by atoms with Crippen molar-refractivity contribution in [1.29, 1.82) is 0 Å². The third-order valence-corrected chi connectivity index (χ3v) is 4.18. The Kier molecular flexibility index (Phi) is 3.43. The molecule has 0 radical (unpaired) electrons. The molecule has 2 aromatic carbocycles. The highest BCUT2D eigenvalue weighted by Gasteiger charge is 2.10. The van der Waals surface area contributed by atoms with Crippen molar-refractivity contribution in [2.24, 2.45) is 0 Å². The first-order valence-corrected chi connectivity index (χ1v) is 7.38. The Labute approximate surface area is 133 Å². The van der Waals surface area contributed by atoms with Gasteiger partial charge in [0.1, 0.15) is 0 Å². The molecule has 0 fully saturated rings. The summed E-state index contributed by atoms with van der Waals surface area (Å²) >= 11 is 20.8. The molecule has 6 heteroatoms. The molecule has 0 atom stereocenters. The number of fused-ring (bicyclic) bond motifs is 1. The molecule has 19 heavy (non-hydrogen) atoms. The van der Waals surface area contributed by atoms with Gasteiger partial charge >= 0.3 is 0 Å². The molecular weight excluding hydrogens is 367 g/mol. The topological polar surface area (TPSA) is 20.7 Å². The highest BCUT2D eigenvalue weighted by molar-refractivity contribution is 9.10. The number of benzene rings is 2. The molecule has 0 unspecified atom stereocenters. The van der Waals surface area contributed by atoms with Gasteiger partial charge < -0.3 is 4.98 Å². The average Bonchev–Trinajstić information content (AvgIpc) is 2.65. The maximum absolute atomic E-state index is 5.99. The SMILES string of the molecule is S=c1[nH]c2cc(Cl)ccc2n1-c1ccc(Cl)cc1Br. The van der Waals surface area contributed by atoms with Crippen molar-refractivity contribution in [2.75, 3.05) is 0 Å². The van der Waals surface area contributed by atoms with Gasteiger partial charge in [0.05, 0.1) is 16.7 Å². The average molecular weight is 374 g/mol. The number of hydrogen-bond donors (Lipinski definition) is 1. The number of halogens is 3. The number of rotatable bonds is 1. The van der Waals surface area contributed by atoms with Crippen LogP contribution in [-0.2, 0) is 0 Å². The predicted octanol–water partition coefficient (Wildman–Crippen LogP) is 5.76. The zero-order valence-electron chi connectivity index (χ0n) is 9.45. The van der Waals surface area contributed by atoms with Crippen molar-refractivity contribution >= 4 is 62.4 Å². The monoisotopic (exact) mass is 372 g/mol. The van der Waals surface area contributed by atoms with Crippen LogP contribution in [0.1, 0.15) is 0 Å². The van der Waals surface area contributed by atoms with Crippen LogP contribution in [0.4, 0.5) is 0 Å². The number of hydrogen-bond acceptors (Lipinski definition) is 1. The summed E-state index contributed by atoms with van der Waals surface area (Å²) in [6.45, 7) is 0. The quantitative estimate of drug-likeness (QED) is 0.538. The Morgan fingerprint density at radius 3 is 2.47 bits per heavy atom. The fourth-order valence-corrected chi connectivity index (χ4v) is 3.32. The number of aromatic amines is 1. The lowest BCUT2D eigenvalue weighted by molar-refractivity contribution is 1.06. The molecule has 3 rings (SSSR count). The van der Waals surface area contributed by atoms with Crippen molar-refractivity contribution in [3.05, 3.63) is 55.7 Å². The number of nitrogens with one attached hydrogen (secondary N) is 1. The molecule has 2 nitrogen and oxygen atoms in total. The van der Waals surface area contributed by atoms with E-state index in [4.69, 9.17) is 35.4 Å². The Morgan fingerprint density at radius 1 is 1.05 bits per heavy atom. The second-order valence-corrected chi connectivity index (χ2v) is 6.14. The summed E-state index contributed by atoms with van der Waals surface area (Å²) in [6, 6.07) is 11.2. The molecule has 0 saturated heterocycles. The second-order valence-electron chi connectivity index (χ2n) is 4.02. The zero-order valence-corrected chi connectivity index (χ0v) is 13.4. The smallest absolute Gasteiger partial charge is 0.182 e. The molecule has 96 valence electrons. The van der Waals surface area contributed by atoms with E-state index in [1.807, 2.05) is 41.0 Å². The van der Waals surface area contributed by atoms with Gasteiger partial charge in [0, 0.05) is 14.5 Å². The minimum Gasteiger partial charge on any atom is -0.330 e. The molecule has 0 saturated carbocycles. The highest BCUT2D eigenvalue weighted by atomic mass is 79.9. The van der Waals surface area contributed by atoms with Crippen LogP contribution in [0.3, 0.4) is 0 Å². The second kappa shape index (κ2) is 4.94. The third kappa shape index (κ3) is 2.34. The van der Waals surface area contributed by atoms with E-state index < -0.39 is 0 Å². The van der Waals surface area contributed by atoms with E-state index in [-0.39, 0.29) is 0 Å². The van der Waals surface area contributed by atoms with Crippen LogP contribution >= 0.6 is 51.3 Å². The predicted molar refractivity (Wildman–Crippen MR) is 86.2 cm³/mol. The van der Waals surface area contributed by atoms with E-state index in [0.717, 1.165) is 21.2 Å². The molecule has 1 N–H and O–H groups in total. The summed E-state index contributed by atoms with van der Waals surface area (Å²) in [5.74, 6) is 0. The lowest BCUT2D eigenvalue weighted by Gasteiger charge is -2.07. The van der Waals surface area contributed by atoms with Gasteiger partial charge in [-0.15, -0.1) is 0 Å². The minimum atomic E-state index is 0.611. The van der Waals surface area contributed by atoms with Crippen LogP contribution in [0.15, 0.2) is 40.9 Å². The van der Waals surface area contributed by atoms with Crippen molar-refractivity contribution in [1.82, 2.24) is 9.55 Å². The van der Waals surface area contributed by atoms with E-state index in [0.29, 0.717) is 14.8 Å². The number of imidazole rings is 1. The van der Waals surface area contributed by atoms with E-state index in [1.54, 1.807) is 0 Å². The Balaban J connectivity index is 2.36. The van der Waals surface area contributed by atoms with Gasteiger partial charge in [0.2, 0.25) is 0 Å². The van der Waals surface area contributed by atoms with Gasteiger partial charge in [-0.2, -0.15) is 0 Å². The summed E-state index contributed by atoms with van der Waals surface area (Å²) in [5, 5.41) is 1.34. The van der Waals surface area contributed by atoms with E-state index in [9.17, 15) is 0 Å². The van der Waals surface area contributed by atoms with Gasteiger partial charge in [-0.1, -0.05) is 23.2 Å². The molecule has 0 amide bonds. The van der Waals surface area contributed by atoms with Crippen molar-refractivity contribution in [3.63, 3.8) is 0 Å². The van der Waals surface area contributed by atoms with Crippen LogP contribution in [0.5, 0.6) is 0 Å². The summed E-state index contributed by atoms with van der Waals surface area (Å²) in [5.41, 5.74) is 2.81. The first-order chi connectivity index (χ1) is 9.06. The molecule has 3 aromatic rings. The standard InChI is InChI=1S/C13H7BrCl2N2S/c14-9-5-7(15)1-3-11(9)18-12-4-2-8(16)6-10(12)17-13(18)19/h1-6H,(H,17,19). The lowest BCUT2D eigenvalue weighted by Crippen LogP contribution is -1.95. The molecule has 0 bridgehead atoms. The van der Waals surface area contributed by atoms with Gasteiger partial charge in [-0.3, -0.25) is 4.57 Å². The summed E-state index contributed by atoms with van der Waals surface area (Å²) in [6.07, 6.45) is 0. The van der Waals surface area contributed by atoms with Crippen LogP contribution in [-0.4, -0.2) is 9.55 Å². The van der Waals surface area contributed by atoms with Crippen LogP contribution < -0.4 is 0 Å². The number of aromatic nitrogens is 2. The first kappa shape index (κ1) is 13.2. The van der Waals surface area contributed by atoms with Crippen LogP contribution in [0.2, 0.25) is 10.0 Å². The fourth-order valence-electron chi connectivity index (χ4n) is 1.99. The molecule has 0 spiro atoms. The van der Waals surface area contributed by atoms with E-state index in [2.05, 4.69) is 20.9 Å². The summed E-state index contributed by atoms with van der Waals surface area (Å²) < 4.78 is 3.44. The van der Waals surface area contributed by atoms with E-state index >= 15 is 0 Å². The van der Waals surface area contributed by atoms with Crippen molar-refractivity contribution in [2.45, 2.75) is 0 Å². The van der Waals surface area contributed by atoms with Crippen molar-refractivity contribution in [3.8, 4) is 5.69 Å². The lowest BCUT2D eigenvalue weighted by atomic mass is 10.3. The largest absolute Gasteiger partial charge is 0.330 e. The molecule has 0 aliphatic carbocycles. The highest BCUT2D eigenvalue weighted by Crippen LogP contribution is 2.29. The fraction of sp³-hybridized carbons (Fsp3) is 0. The van der Waals surface area contributed by atoms with Gasteiger partial charge in [0.25, 0.3) is 0 Å². The Hall–Kier alpha value is -0.810. The molecule has 0 aliphatic heterocycles. The maximum atomic E-state index is 5.99. The Bertz CT molecular complexity index is 838. The molecule has 1 aromatic heterocycles.